The topological polar surface area (TPSA) is 299 Å². The third kappa shape index (κ3) is 25.2. The molecule has 4 aliphatic heterocycles. The van der Waals surface area contributed by atoms with E-state index in [4.69, 9.17) is 23.2 Å². The molecular formula is C100H91Br2Cl2F3N16O8. The molecule has 4 N–H and O–H groups in total. The number of ketones is 4. The van der Waals surface area contributed by atoms with Crippen molar-refractivity contribution in [2.75, 3.05) is 102 Å². The molecule has 668 valence electrons. The van der Waals surface area contributed by atoms with Crippen LogP contribution in [0.1, 0.15) is 151 Å². The van der Waals surface area contributed by atoms with Gasteiger partial charge < -0.3 is 40.9 Å². The van der Waals surface area contributed by atoms with Crippen LogP contribution in [0.2, 0.25) is 10.0 Å². The fraction of sp³-hybridized carbons (Fsp3) is 0.200. The highest BCUT2D eigenvalue weighted by atomic mass is 79.9. The number of likely N-dealkylation sites (N-methyl/N-ethyl adjacent to an activating group) is 4. The van der Waals surface area contributed by atoms with E-state index in [9.17, 15) is 51.5 Å². The molecule has 0 fully saturated rings. The number of aromatic nitrogens is 4. The Labute approximate surface area is 783 Å². The van der Waals surface area contributed by atoms with Crippen LogP contribution < -0.4 is 21.3 Å². The van der Waals surface area contributed by atoms with Gasteiger partial charge >= 0.3 is 0 Å². The van der Waals surface area contributed by atoms with Crippen LogP contribution in [-0.2, 0) is 25.7 Å². The zero-order chi connectivity index (χ0) is 92.4. The lowest BCUT2D eigenvalue weighted by Crippen LogP contribution is -2.23. The Morgan fingerprint density at radius 3 is 0.916 bits per heavy atom. The average molecular weight is 1930 g/mol. The van der Waals surface area contributed by atoms with Gasteiger partial charge in [0, 0.05) is 164 Å². The van der Waals surface area contributed by atoms with E-state index in [1.807, 2.05) is 112 Å². The van der Waals surface area contributed by atoms with Crippen molar-refractivity contribution in [2.24, 2.45) is 20.0 Å². The summed E-state index contributed by atoms with van der Waals surface area (Å²) in [5, 5.41) is 11.9. The molecule has 4 aliphatic rings. The number of nitrogens with zero attached hydrogens (tertiary/aromatic N) is 12. The zero-order valence-corrected chi connectivity index (χ0v) is 76.4. The number of Topliss-reactive ketones (excluding diaryl/α,β-unsaturated/α-hetero) is 4. The molecule has 31 heteroatoms. The number of carbonyl (C=O) groups is 8. The highest BCUT2D eigenvalue weighted by Crippen LogP contribution is 2.28. The molecule has 8 heterocycles. The number of aryl methyl sites for hydroxylation is 3. The van der Waals surface area contributed by atoms with Gasteiger partial charge in [-0.25, -0.2) is 33.1 Å². The average Bonchev–Trinajstić information content (AvgIpc) is 1.82. The first-order chi connectivity index (χ1) is 62.4. The second-order valence-electron chi connectivity index (χ2n) is 31.0. The Morgan fingerprint density at radius 1 is 0.328 bits per heavy atom. The minimum Gasteiger partial charge on any atom is -0.358 e. The van der Waals surface area contributed by atoms with Crippen molar-refractivity contribution < 1.29 is 51.5 Å². The van der Waals surface area contributed by atoms with Crippen LogP contribution in [0.4, 0.5) is 36.4 Å². The number of hydrogen-bond acceptors (Lipinski definition) is 20. The van der Waals surface area contributed by atoms with E-state index in [-0.39, 0.29) is 73.3 Å². The van der Waals surface area contributed by atoms with Gasteiger partial charge in [-0.15, -0.1) is 0 Å². The van der Waals surface area contributed by atoms with Crippen LogP contribution >= 0.6 is 55.1 Å². The smallest absolute Gasteiger partial charge is 0.257 e. The molecule has 0 atom stereocenters. The summed E-state index contributed by atoms with van der Waals surface area (Å²) in [7, 11) is 7.70. The summed E-state index contributed by atoms with van der Waals surface area (Å²) in [6, 6.07) is 57.2. The number of benzene rings is 8. The minimum atomic E-state index is -0.607. The van der Waals surface area contributed by atoms with Gasteiger partial charge in [-0.05, 0) is 184 Å². The van der Waals surface area contributed by atoms with E-state index in [0.717, 1.165) is 69.8 Å². The van der Waals surface area contributed by atoms with E-state index in [2.05, 4.69) is 97.9 Å². The first kappa shape index (κ1) is 96.2. The van der Waals surface area contributed by atoms with Gasteiger partial charge in [0.1, 0.15) is 64.1 Å². The summed E-state index contributed by atoms with van der Waals surface area (Å²) >= 11 is 18.3. The molecule has 4 amide bonds. The third-order valence-electron chi connectivity index (χ3n) is 21.4. The number of amidine groups is 4. The van der Waals surface area contributed by atoms with Gasteiger partial charge in [0.2, 0.25) is 0 Å². The number of anilines is 4. The van der Waals surface area contributed by atoms with Crippen LogP contribution in [0, 0.1) is 38.2 Å². The molecule has 0 saturated carbocycles. The number of carbonyl (C=O) groups excluding carboxylic acids is 8. The van der Waals surface area contributed by atoms with E-state index in [0.29, 0.717) is 137 Å². The number of halogens is 7. The van der Waals surface area contributed by atoms with Crippen molar-refractivity contribution in [1.29, 1.82) is 0 Å². The second-order valence-corrected chi connectivity index (χ2v) is 33.7. The monoisotopic (exact) mass is 1930 g/mol. The second kappa shape index (κ2) is 44.4. The molecule has 0 unspecified atom stereocenters. The number of hydrogen-bond donors (Lipinski definition) is 4. The standard InChI is InChI=1S/C25H22BrFN4O2.C25H22ClFN4O2.C25H23ClN4O2.C24H20BrFN4O2.CH4/c2*1-15-3-4-16(20(11-15)25(33)30-23-8-6-18(26)14-29-23)13-22(32)19-7-5-17(12-21(19)27)24-28-9-10-31(24)2;1-16-3-4-19(21(13-16)25(32)29-23-10-9-20(26)15-28-23)14-22(31)17-5-7-18(8-6-17)24-27-11-12-30(24)2;1-30-11-10-27-23(30)16-6-8-19(20(26)12-16)21(31)13-15-4-2-3-5-18(15)24(32)29-22-9-7-17(25)14-28-22;/h2*3-8,11-12,14H,9-10,13H2,1-2H3,(H,29,30,33);3-10,13,15H,11-12,14H2,1-2H3,(H,28,29,32);2-9,12,14H,10-11,13H2,1H3,(H,28,29,32);1H4. The van der Waals surface area contributed by atoms with Gasteiger partial charge in [0.15, 0.2) is 23.1 Å². The summed E-state index contributed by atoms with van der Waals surface area (Å²) in [6.07, 6.45) is 5.85. The number of nitrogens with one attached hydrogen (secondary N) is 4. The number of pyridine rings is 4. The predicted molar refractivity (Wildman–Crippen MR) is 515 cm³/mol. The molecule has 0 aliphatic carbocycles. The van der Waals surface area contributed by atoms with Gasteiger partial charge in [0.25, 0.3) is 23.6 Å². The molecule has 131 heavy (non-hydrogen) atoms. The molecule has 0 bridgehead atoms. The third-order valence-corrected chi connectivity index (χ3v) is 22.7. The van der Waals surface area contributed by atoms with Gasteiger partial charge in [-0.2, -0.15) is 0 Å². The van der Waals surface area contributed by atoms with Crippen LogP contribution in [0.3, 0.4) is 0 Å². The van der Waals surface area contributed by atoms with E-state index < -0.39 is 40.7 Å². The van der Waals surface area contributed by atoms with Crippen molar-refractivity contribution >= 4 is 148 Å². The fourth-order valence-electron chi connectivity index (χ4n) is 14.5. The molecule has 8 aromatic carbocycles. The Bertz CT molecular complexity index is 6270. The molecule has 0 radical (unpaired) electrons. The predicted octanol–water partition coefficient (Wildman–Crippen LogP) is 18.6. The van der Waals surface area contributed by atoms with Crippen molar-refractivity contribution in [1.82, 2.24) is 39.5 Å². The van der Waals surface area contributed by atoms with E-state index >= 15 is 0 Å². The SMILES string of the molecule is C.CN1CCN=C1c1ccc(C(=O)Cc2ccccc2C(=O)Nc2ccc(Br)cn2)c(F)c1.Cc1ccc(CC(=O)c2ccc(C3=NCCN3C)cc2)c(C(=O)Nc2ccc(Cl)cn2)c1.Cc1ccc(CC(=O)c2ccc(C3=NCCN3C)cc2F)c(C(=O)Nc2ccc(Br)cn2)c1.Cc1ccc(CC(=O)c2ccc(C3=NCCN3C)cc2F)c(C(=O)Nc2ccc(Cl)cn2)c1. The lowest BCUT2D eigenvalue weighted by atomic mass is 9.96. The number of amides is 4. The van der Waals surface area contributed by atoms with Crippen molar-refractivity contribution in [2.45, 2.75) is 53.9 Å². The molecule has 4 aromatic heterocycles. The first-order valence-electron chi connectivity index (χ1n) is 41.2. The van der Waals surface area contributed by atoms with Crippen molar-refractivity contribution in [3.05, 3.63) is 373 Å². The van der Waals surface area contributed by atoms with Crippen LogP contribution in [-0.4, -0.2) is 190 Å². The van der Waals surface area contributed by atoms with Crippen LogP contribution in [0.5, 0.6) is 0 Å². The number of rotatable bonds is 24. The maximum absolute atomic E-state index is 14.8. The highest BCUT2D eigenvalue weighted by molar-refractivity contribution is 9.10. The lowest BCUT2D eigenvalue weighted by molar-refractivity contribution is 0.0976. The Morgan fingerprint density at radius 2 is 0.618 bits per heavy atom. The number of aliphatic imine (C=N–C) groups is 4. The van der Waals surface area contributed by atoms with Crippen molar-refractivity contribution in [3.63, 3.8) is 0 Å². The normalized spacial score (nSPS) is 13.0. The van der Waals surface area contributed by atoms with Gasteiger partial charge in [-0.1, -0.05) is 144 Å². The molecular weight excluding hydrogens is 1840 g/mol. The molecule has 12 aromatic rings. The minimum absolute atomic E-state index is 0. The highest BCUT2D eigenvalue weighted by Gasteiger charge is 2.28. The molecule has 24 nitrogen and oxygen atoms in total. The Hall–Kier alpha value is -13.9. The molecule has 0 spiro atoms. The zero-order valence-electron chi connectivity index (χ0n) is 71.7. The van der Waals surface area contributed by atoms with Gasteiger partial charge in [-0.3, -0.25) is 58.3 Å². The van der Waals surface area contributed by atoms with Crippen LogP contribution in [0.15, 0.2) is 260 Å². The maximum Gasteiger partial charge on any atom is 0.257 e. The summed E-state index contributed by atoms with van der Waals surface area (Å²) in [5.41, 5.74) is 9.79. The largest absolute Gasteiger partial charge is 0.358 e. The van der Waals surface area contributed by atoms with E-state index in [1.165, 1.54) is 48.8 Å². The summed E-state index contributed by atoms with van der Waals surface area (Å²) in [4.78, 5) is 145. The lowest BCUT2D eigenvalue weighted by Gasteiger charge is -2.14. The molecule has 16 rings (SSSR count). The summed E-state index contributed by atoms with van der Waals surface area (Å²) in [6.45, 7) is 11.7. The van der Waals surface area contributed by atoms with Gasteiger partial charge in [0.05, 0.1) is 52.9 Å². The Balaban J connectivity index is 0.000000157. The summed E-state index contributed by atoms with van der Waals surface area (Å²) in [5.74, 6) is 0.0221. The molecule has 0 saturated heterocycles. The Kier molecular flexibility index (Phi) is 32.6. The maximum atomic E-state index is 14.8. The summed E-state index contributed by atoms with van der Waals surface area (Å²) < 4.78 is 46.0. The van der Waals surface area contributed by atoms with E-state index in [1.54, 1.807) is 134 Å². The fourth-order valence-corrected chi connectivity index (χ4v) is 15.2. The van der Waals surface area contributed by atoms with Crippen LogP contribution in [0.25, 0.3) is 0 Å². The quantitative estimate of drug-likeness (QED) is 0.0409. The van der Waals surface area contributed by atoms with Crippen molar-refractivity contribution in [3.8, 4) is 0 Å². The first-order valence-corrected chi connectivity index (χ1v) is 43.5.